The van der Waals surface area contributed by atoms with E-state index in [1.165, 1.54) is 18.3 Å². The number of phenolic OH excluding ortho intramolecular Hbond substituents is 2. The molecule has 8 heteroatoms. The summed E-state index contributed by atoms with van der Waals surface area (Å²) in [7, 11) is 0. The molecule has 0 aromatic heterocycles. The highest BCUT2D eigenvalue weighted by Gasteiger charge is 2.14. The molecule has 5 nitrogen and oxygen atoms in total. The van der Waals surface area contributed by atoms with Gasteiger partial charge in [0.05, 0.1) is 16.3 Å². The highest BCUT2D eigenvalue weighted by Crippen LogP contribution is 2.31. The molecule has 2 aromatic rings. The van der Waals surface area contributed by atoms with Gasteiger partial charge >= 0.3 is 0 Å². The summed E-state index contributed by atoms with van der Waals surface area (Å²) < 4.78 is 1.79. The maximum atomic E-state index is 12.0. The van der Waals surface area contributed by atoms with Crippen molar-refractivity contribution in [2.45, 2.75) is 0 Å². The van der Waals surface area contributed by atoms with Crippen LogP contribution in [0.15, 0.2) is 48.9 Å². The first kappa shape index (κ1) is 17.0. The number of halogens is 3. The van der Waals surface area contributed by atoms with E-state index in [-0.39, 0.29) is 17.1 Å². The second kappa shape index (κ2) is 7.26. The topological polar surface area (TPSA) is 81.9 Å². The van der Waals surface area contributed by atoms with Crippen molar-refractivity contribution in [3.8, 4) is 11.5 Å². The van der Waals surface area contributed by atoms with E-state index in [0.717, 1.165) is 4.47 Å². The lowest BCUT2D eigenvalue weighted by Crippen LogP contribution is -2.18. The summed E-state index contributed by atoms with van der Waals surface area (Å²) in [6, 6.07) is 7.93. The molecular formula is C14H9Br3N2O3. The van der Waals surface area contributed by atoms with E-state index in [4.69, 9.17) is 0 Å². The van der Waals surface area contributed by atoms with E-state index in [9.17, 15) is 15.0 Å². The second-order valence-corrected chi connectivity index (χ2v) is 6.87. The zero-order valence-corrected chi connectivity index (χ0v) is 15.6. The first-order chi connectivity index (χ1) is 10.4. The van der Waals surface area contributed by atoms with Crippen LogP contribution in [0.2, 0.25) is 0 Å². The van der Waals surface area contributed by atoms with Gasteiger partial charge in [-0.1, -0.05) is 31.9 Å². The Morgan fingerprint density at radius 3 is 2.55 bits per heavy atom. The highest BCUT2D eigenvalue weighted by atomic mass is 79.9. The predicted molar refractivity (Wildman–Crippen MR) is 94.4 cm³/mol. The van der Waals surface area contributed by atoms with Gasteiger partial charge in [0, 0.05) is 14.5 Å². The maximum absolute atomic E-state index is 12.0. The quantitative estimate of drug-likeness (QED) is 0.445. The standard InChI is InChI=1S/C14H9Br3N2O3/c15-8-1-2-12(20)7(3-8)6-18-19-14(22)10-4-9(16)5-11(17)13(10)21/h1-6,20-21H,(H,19,22)/b18-6+. The Morgan fingerprint density at radius 2 is 1.82 bits per heavy atom. The molecule has 0 aliphatic heterocycles. The normalized spacial score (nSPS) is 10.9. The van der Waals surface area contributed by atoms with Gasteiger partial charge in [-0.15, -0.1) is 0 Å². The number of rotatable bonds is 3. The van der Waals surface area contributed by atoms with Crippen LogP contribution in [0.1, 0.15) is 15.9 Å². The summed E-state index contributed by atoms with van der Waals surface area (Å²) in [6.45, 7) is 0. The van der Waals surface area contributed by atoms with Gasteiger partial charge in [-0.05, 0) is 46.3 Å². The van der Waals surface area contributed by atoms with Crippen LogP contribution < -0.4 is 5.43 Å². The molecule has 0 aliphatic carbocycles. The molecule has 0 fully saturated rings. The van der Waals surface area contributed by atoms with E-state index in [1.807, 2.05) is 0 Å². The molecule has 114 valence electrons. The van der Waals surface area contributed by atoms with Gasteiger partial charge < -0.3 is 10.2 Å². The van der Waals surface area contributed by atoms with Crippen LogP contribution in [0.25, 0.3) is 0 Å². The van der Waals surface area contributed by atoms with Crippen LogP contribution in [-0.2, 0) is 0 Å². The number of hydrazone groups is 1. The van der Waals surface area contributed by atoms with E-state index in [2.05, 4.69) is 58.3 Å². The van der Waals surface area contributed by atoms with Crippen LogP contribution in [0.4, 0.5) is 0 Å². The van der Waals surface area contributed by atoms with Crippen LogP contribution >= 0.6 is 47.8 Å². The molecular weight excluding hydrogens is 484 g/mol. The third-order valence-corrected chi connectivity index (χ3v) is 4.19. The fourth-order valence-corrected chi connectivity index (χ4v) is 3.19. The van der Waals surface area contributed by atoms with Crippen molar-refractivity contribution in [1.29, 1.82) is 0 Å². The van der Waals surface area contributed by atoms with E-state index >= 15 is 0 Å². The Hall–Kier alpha value is -1.38. The lowest BCUT2D eigenvalue weighted by Gasteiger charge is -2.06. The Morgan fingerprint density at radius 1 is 1.09 bits per heavy atom. The zero-order chi connectivity index (χ0) is 16.3. The molecule has 0 unspecified atom stereocenters. The molecule has 0 spiro atoms. The highest BCUT2D eigenvalue weighted by molar-refractivity contribution is 9.11. The molecule has 0 heterocycles. The van der Waals surface area contributed by atoms with Gasteiger partial charge in [-0.2, -0.15) is 5.10 Å². The van der Waals surface area contributed by atoms with E-state index < -0.39 is 5.91 Å². The number of aromatic hydroxyl groups is 2. The van der Waals surface area contributed by atoms with Gasteiger partial charge in [0.2, 0.25) is 0 Å². The second-order valence-electron chi connectivity index (χ2n) is 4.19. The minimum absolute atomic E-state index is 0.0363. The number of phenols is 2. The number of amides is 1. The van der Waals surface area contributed by atoms with Crippen molar-refractivity contribution in [3.05, 3.63) is 54.9 Å². The number of nitrogens with one attached hydrogen (secondary N) is 1. The van der Waals surface area contributed by atoms with Crippen LogP contribution in [0.5, 0.6) is 11.5 Å². The van der Waals surface area contributed by atoms with Crippen molar-refractivity contribution < 1.29 is 15.0 Å². The SMILES string of the molecule is O=C(N/N=C/c1cc(Br)ccc1O)c1cc(Br)cc(Br)c1O. The lowest BCUT2D eigenvalue weighted by atomic mass is 10.2. The van der Waals surface area contributed by atoms with Gasteiger partial charge in [0.15, 0.2) is 0 Å². The molecule has 0 aliphatic rings. The van der Waals surface area contributed by atoms with Gasteiger partial charge in [-0.25, -0.2) is 5.43 Å². The van der Waals surface area contributed by atoms with Crippen LogP contribution in [-0.4, -0.2) is 22.3 Å². The first-order valence-corrected chi connectivity index (χ1v) is 8.26. The molecule has 0 atom stereocenters. The molecule has 2 rings (SSSR count). The largest absolute Gasteiger partial charge is 0.507 e. The number of benzene rings is 2. The first-order valence-electron chi connectivity index (χ1n) is 5.88. The zero-order valence-electron chi connectivity index (χ0n) is 10.8. The molecule has 3 N–H and O–H groups in total. The number of hydrogen-bond donors (Lipinski definition) is 3. The number of carbonyl (C=O) groups is 1. The van der Waals surface area contributed by atoms with Gasteiger partial charge in [-0.3, -0.25) is 4.79 Å². The summed E-state index contributed by atoms with van der Waals surface area (Å²) >= 11 is 9.67. The van der Waals surface area contributed by atoms with Crippen LogP contribution in [0.3, 0.4) is 0 Å². The Bertz CT molecular complexity index is 763. The Balaban J connectivity index is 2.16. The van der Waals surface area contributed by atoms with Crippen molar-refractivity contribution in [2.24, 2.45) is 5.10 Å². The average Bonchev–Trinajstić information content (AvgIpc) is 2.46. The Labute approximate surface area is 151 Å². The maximum Gasteiger partial charge on any atom is 0.275 e. The fourth-order valence-electron chi connectivity index (χ4n) is 1.59. The third-order valence-electron chi connectivity index (χ3n) is 2.63. The monoisotopic (exact) mass is 490 g/mol. The molecule has 0 saturated carbocycles. The molecule has 0 radical (unpaired) electrons. The van der Waals surface area contributed by atoms with Crippen LogP contribution in [0, 0.1) is 0 Å². The minimum atomic E-state index is -0.578. The summed E-state index contributed by atoms with van der Waals surface area (Å²) in [4.78, 5) is 12.0. The van der Waals surface area contributed by atoms with Crippen molar-refractivity contribution in [1.82, 2.24) is 5.43 Å². The third kappa shape index (κ3) is 4.08. The fraction of sp³-hybridized carbons (Fsp3) is 0. The van der Waals surface area contributed by atoms with E-state index in [0.29, 0.717) is 14.5 Å². The van der Waals surface area contributed by atoms with Gasteiger partial charge in [0.1, 0.15) is 11.5 Å². The predicted octanol–water partition coefficient (Wildman–Crippen LogP) is 4.15. The Kier molecular flexibility index (Phi) is 5.60. The van der Waals surface area contributed by atoms with E-state index in [1.54, 1.807) is 18.2 Å². The lowest BCUT2D eigenvalue weighted by molar-refractivity contribution is 0.0952. The number of hydrogen-bond acceptors (Lipinski definition) is 4. The van der Waals surface area contributed by atoms with Gasteiger partial charge in [0.25, 0.3) is 5.91 Å². The average molecular weight is 493 g/mol. The molecule has 0 saturated heterocycles. The molecule has 1 amide bonds. The molecule has 0 bridgehead atoms. The van der Waals surface area contributed by atoms with Crippen molar-refractivity contribution in [2.75, 3.05) is 0 Å². The smallest absolute Gasteiger partial charge is 0.275 e. The molecule has 22 heavy (non-hydrogen) atoms. The molecule has 2 aromatic carbocycles. The minimum Gasteiger partial charge on any atom is -0.507 e. The summed E-state index contributed by atoms with van der Waals surface area (Å²) in [5.74, 6) is -0.722. The summed E-state index contributed by atoms with van der Waals surface area (Å²) in [5, 5.41) is 23.3. The summed E-state index contributed by atoms with van der Waals surface area (Å²) in [6.07, 6.45) is 1.31. The van der Waals surface area contributed by atoms with Crippen molar-refractivity contribution in [3.63, 3.8) is 0 Å². The summed E-state index contributed by atoms with van der Waals surface area (Å²) in [5.41, 5.74) is 2.80. The van der Waals surface area contributed by atoms with Crippen molar-refractivity contribution >= 4 is 59.9 Å². The number of carbonyl (C=O) groups excluding carboxylic acids is 1. The number of nitrogens with zero attached hydrogens (tertiary/aromatic N) is 1.